The number of nitrogens with zero attached hydrogens (tertiary/aromatic N) is 3. The lowest BCUT2D eigenvalue weighted by atomic mass is 10.7. The monoisotopic (exact) mass is 175 g/mol. The second-order valence-electron chi connectivity index (χ2n) is 2.30. The standard InChI is InChI=1S/C5H9N3O2S/c1-11(9,10)5-4-8-3-2-6-7-8/h2-3H,4-5H2,1H3. The Morgan fingerprint density at radius 1 is 1.55 bits per heavy atom. The van der Waals surface area contributed by atoms with Gasteiger partial charge in [0.15, 0.2) is 0 Å². The average Bonchev–Trinajstić information content (AvgIpc) is 2.32. The molecule has 0 N–H and O–H groups in total. The van der Waals surface area contributed by atoms with Crippen LogP contribution < -0.4 is 0 Å². The summed E-state index contributed by atoms with van der Waals surface area (Å²) in [7, 11) is -2.89. The van der Waals surface area contributed by atoms with Crippen molar-refractivity contribution in [2.45, 2.75) is 6.54 Å². The lowest BCUT2D eigenvalue weighted by molar-refractivity contribution is 0.579. The molecule has 62 valence electrons. The molecule has 1 aromatic rings. The highest BCUT2D eigenvalue weighted by molar-refractivity contribution is 7.90. The normalized spacial score (nSPS) is 11.7. The van der Waals surface area contributed by atoms with E-state index in [9.17, 15) is 8.42 Å². The van der Waals surface area contributed by atoms with E-state index in [-0.39, 0.29) is 5.75 Å². The van der Waals surface area contributed by atoms with Crippen LogP contribution in [0.2, 0.25) is 0 Å². The first-order valence-corrected chi connectivity index (χ1v) is 5.16. The Balaban J connectivity index is 2.48. The van der Waals surface area contributed by atoms with Crippen LogP contribution in [0, 0.1) is 0 Å². The Labute approximate surface area is 64.9 Å². The number of sulfone groups is 1. The first kappa shape index (κ1) is 8.19. The van der Waals surface area contributed by atoms with E-state index in [0.717, 1.165) is 0 Å². The number of hydrogen-bond donors (Lipinski definition) is 0. The van der Waals surface area contributed by atoms with E-state index in [1.165, 1.54) is 17.1 Å². The topological polar surface area (TPSA) is 64.8 Å². The summed E-state index contributed by atoms with van der Waals surface area (Å²) in [6, 6.07) is 0. The zero-order chi connectivity index (χ0) is 8.32. The number of hydrogen-bond acceptors (Lipinski definition) is 4. The zero-order valence-electron chi connectivity index (χ0n) is 6.14. The van der Waals surface area contributed by atoms with Crippen LogP contribution in [0.4, 0.5) is 0 Å². The van der Waals surface area contributed by atoms with Crippen molar-refractivity contribution in [2.75, 3.05) is 12.0 Å². The highest BCUT2D eigenvalue weighted by Gasteiger charge is 2.01. The summed E-state index contributed by atoms with van der Waals surface area (Å²) in [4.78, 5) is 0. The van der Waals surface area contributed by atoms with Gasteiger partial charge in [-0.3, -0.25) is 4.68 Å². The van der Waals surface area contributed by atoms with E-state index in [1.807, 2.05) is 0 Å². The van der Waals surface area contributed by atoms with Crippen LogP contribution in [-0.2, 0) is 16.4 Å². The molecule has 1 heterocycles. The van der Waals surface area contributed by atoms with Gasteiger partial charge < -0.3 is 0 Å². The third-order valence-corrected chi connectivity index (χ3v) is 2.09. The number of aryl methyl sites for hydroxylation is 1. The van der Waals surface area contributed by atoms with Crippen molar-refractivity contribution in [3.05, 3.63) is 12.4 Å². The van der Waals surface area contributed by atoms with Gasteiger partial charge in [-0.15, -0.1) is 5.10 Å². The van der Waals surface area contributed by atoms with Gasteiger partial charge in [0.1, 0.15) is 9.84 Å². The molecule has 0 saturated heterocycles. The fourth-order valence-corrected chi connectivity index (χ4v) is 1.13. The van der Waals surface area contributed by atoms with Gasteiger partial charge in [0.25, 0.3) is 0 Å². The third kappa shape index (κ3) is 3.13. The number of aromatic nitrogens is 3. The summed E-state index contributed by atoms with van der Waals surface area (Å²) >= 11 is 0. The van der Waals surface area contributed by atoms with Crippen LogP contribution in [0.3, 0.4) is 0 Å². The van der Waals surface area contributed by atoms with Crippen LogP contribution in [-0.4, -0.2) is 35.4 Å². The molecule has 0 aliphatic carbocycles. The van der Waals surface area contributed by atoms with Gasteiger partial charge in [-0.05, 0) is 0 Å². The molecular formula is C5H9N3O2S. The minimum atomic E-state index is -2.89. The molecule has 0 atom stereocenters. The molecule has 0 aliphatic rings. The minimum Gasteiger partial charge on any atom is -0.252 e. The lowest BCUT2D eigenvalue weighted by Gasteiger charge is -1.96. The maximum absolute atomic E-state index is 10.7. The molecule has 11 heavy (non-hydrogen) atoms. The molecule has 0 aromatic carbocycles. The molecule has 1 aromatic heterocycles. The van der Waals surface area contributed by atoms with Crippen LogP contribution in [0.15, 0.2) is 12.4 Å². The van der Waals surface area contributed by atoms with Gasteiger partial charge in [-0.2, -0.15) is 0 Å². The molecule has 6 heteroatoms. The van der Waals surface area contributed by atoms with Gasteiger partial charge >= 0.3 is 0 Å². The maximum atomic E-state index is 10.7. The smallest absolute Gasteiger partial charge is 0.149 e. The zero-order valence-corrected chi connectivity index (χ0v) is 6.95. The Bertz CT molecular complexity index is 302. The highest BCUT2D eigenvalue weighted by Crippen LogP contribution is 1.86. The van der Waals surface area contributed by atoms with Gasteiger partial charge in [-0.1, -0.05) is 5.21 Å². The molecule has 5 nitrogen and oxygen atoms in total. The first-order valence-electron chi connectivity index (χ1n) is 3.10. The third-order valence-electron chi connectivity index (χ3n) is 1.16. The van der Waals surface area contributed by atoms with E-state index < -0.39 is 9.84 Å². The van der Waals surface area contributed by atoms with Gasteiger partial charge in [0.2, 0.25) is 0 Å². The van der Waals surface area contributed by atoms with E-state index in [2.05, 4.69) is 10.3 Å². The van der Waals surface area contributed by atoms with E-state index in [4.69, 9.17) is 0 Å². The largest absolute Gasteiger partial charge is 0.252 e. The van der Waals surface area contributed by atoms with Gasteiger partial charge in [0.05, 0.1) is 18.5 Å². The molecule has 1 rings (SSSR count). The van der Waals surface area contributed by atoms with Crippen molar-refractivity contribution in [3.8, 4) is 0 Å². The number of rotatable bonds is 3. The fourth-order valence-electron chi connectivity index (χ4n) is 0.611. The Morgan fingerprint density at radius 2 is 2.27 bits per heavy atom. The maximum Gasteiger partial charge on any atom is 0.149 e. The molecule has 0 bridgehead atoms. The van der Waals surface area contributed by atoms with Crippen LogP contribution >= 0.6 is 0 Å². The van der Waals surface area contributed by atoms with Crippen molar-refractivity contribution in [1.82, 2.24) is 15.0 Å². The molecule has 0 unspecified atom stereocenters. The van der Waals surface area contributed by atoms with E-state index in [0.29, 0.717) is 6.54 Å². The van der Waals surface area contributed by atoms with Crippen molar-refractivity contribution in [3.63, 3.8) is 0 Å². The van der Waals surface area contributed by atoms with Crippen molar-refractivity contribution in [1.29, 1.82) is 0 Å². The average molecular weight is 175 g/mol. The summed E-state index contributed by atoms with van der Waals surface area (Å²) in [5, 5.41) is 7.16. The summed E-state index contributed by atoms with van der Waals surface area (Å²) in [5.41, 5.74) is 0. The minimum absolute atomic E-state index is 0.107. The first-order chi connectivity index (χ1) is 5.08. The molecule has 0 amide bonds. The molecule has 0 spiro atoms. The fraction of sp³-hybridized carbons (Fsp3) is 0.600. The summed E-state index contributed by atoms with van der Waals surface area (Å²) in [5.74, 6) is 0.107. The molecule has 0 saturated carbocycles. The van der Waals surface area contributed by atoms with Gasteiger partial charge in [-0.25, -0.2) is 8.42 Å². The van der Waals surface area contributed by atoms with Crippen LogP contribution in [0.5, 0.6) is 0 Å². The Morgan fingerprint density at radius 3 is 2.73 bits per heavy atom. The highest BCUT2D eigenvalue weighted by atomic mass is 32.2. The predicted octanol–water partition coefficient (Wildman–Crippen LogP) is -0.677. The summed E-state index contributed by atoms with van der Waals surface area (Å²) in [6.07, 6.45) is 4.34. The van der Waals surface area contributed by atoms with Crippen molar-refractivity contribution < 1.29 is 8.42 Å². The summed E-state index contributed by atoms with van der Waals surface area (Å²) < 4.78 is 22.8. The van der Waals surface area contributed by atoms with Crippen molar-refractivity contribution in [2.24, 2.45) is 0 Å². The van der Waals surface area contributed by atoms with Crippen molar-refractivity contribution >= 4 is 9.84 Å². The molecule has 0 aliphatic heterocycles. The Kier molecular flexibility index (Phi) is 2.23. The SMILES string of the molecule is CS(=O)(=O)CCn1ccnn1. The predicted molar refractivity (Wildman–Crippen MR) is 39.7 cm³/mol. The second-order valence-corrected chi connectivity index (χ2v) is 4.56. The second kappa shape index (κ2) is 3.00. The van der Waals surface area contributed by atoms with Crippen LogP contribution in [0.25, 0.3) is 0 Å². The quantitative estimate of drug-likeness (QED) is 0.610. The van der Waals surface area contributed by atoms with E-state index >= 15 is 0 Å². The molecular weight excluding hydrogens is 166 g/mol. The lowest BCUT2D eigenvalue weighted by Crippen LogP contribution is -2.11. The van der Waals surface area contributed by atoms with E-state index in [1.54, 1.807) is 6.20 Å². The van der Waals surface area contributed by atoms with Gasteiger partial charge in [0, 0.05) is 12.5 Å². The van der Waals surface area contributed by atoms with Crippen LogP contribution in [0.1, 0.15) is 0 Å². The molecule has 0 radical (unpaired) electrons. The Hall–Kier alpha value is -0.910. The molecule has 0 fully saturated rings. The summed E-state index contributed by atoms with van der Waals surface area (Å²) in [6.45, 7) is 0.374.